The molecule has 2 aromatic carbocycles. The van der Waals surface area contributed by atoms with Crippen molar-refractivity contribution in [1.82, 2.24) is 5.32 Å². The molecule has 2 aromatic rings. The van der Waals surface area contributed by atoms with Crippen molar-refractivity contribution >= 4 is 33.4 Å². The van der Waals surface area contributed by atoms with Gasteiger partial charge in [-0.3, -0.25) is 9.59 Å². The molecule has 0 spiro atoms. The summed E-state index contributed by atoms with van der Waals surface area (Å²) in [4.78, 5) is 26.2. The lowest BCUT2D eigenvalue weighted by Crippen LogP contribution is -2.41. The Hall–Kier alpha value is -2.21. The highest BCUT2D eigenvalue weighted by molar-refractivity contribution is 9.10. The molecule has 1 heterocycles. The maximum atomic E-state index is 13.0. The van der Waals surface area contributed by atoms with Gasteiger partial charge in [0, 0.05) is 22.3 Å². The van der Waals surface area contributed by atoms with Gasteiger partial charge in [-0.2, -0.15) is 0 Å². The second-order valence-electron chi connectivity index (χ2n) is 5.29. The number of carbonyl (C=O) groups excluding carboxylic acids is 2. The molecule has 1 atom stereocenters. The second kappa shape index (κ2) is 6.50. The van der Waals surface area contributed by atoms with Crippen molar-refractivity contribution in [3.8, 4) is 0 Å². The van der Waals surface area contributed by atoms with Crippen molar-refractivity contribution < 1.29 is 14.0 Å². The molecule has 0 radical (unpaired) electrons. The third kappa shape index (κ3) is 3.42. The summed E-state index contributed by atoms with van der Waals surface area (Å²) in [6.07, 6.45) is 0.526. The average molecular weight is 377 g/mol. The van der Waals surface area contributed by atoms with Gasteiger partial charge in [0.1, 0.15) is 11.9 Å². The largest absolute Gasteiger partial charge is 0.340 e. The van der Waals surface area contributed by atoms with E-state index in [1.54, 1.807) is 41.3 Å². The minimum absolute atomic E-state index is 0.179. The summed E-state index contributed by atoms with van der Waals surface area (Å²) >= 11 is 3.31. The van der Waals surface area contributed by atoms with Crippen molar-refractivity contribution in [1.29, 1.82) is 0 Å². The summed E-state index contributed by atoms with van der Waals surface area (Å²) in [5, 5.41) is 2.76. The number of benzene rings is 2. The van der Waals surface area contributed by atoms with Gasteiger partial charge in [0.25, 0.3) is 5.91 Å². The maximum absolute atomic E-state index is 13.0. The van der Waals surface area contributed by atoms with Crippen LogP contribution in [-0.2, 0) is 4.79 Å². The molecule has 1 aliphatic rings. The van der Waals surface area contributed by atoms with Gasteiger partial charge in [-0.1, -0.05) is 15.9 Å². The van der Waals surface area contributed by atoms with Crippen LogP contribution in [0.5, 0.6) is 0 Å². The summed E-state index contributed by atoms with van der Waals surface area (Å²) in [6.45, 7) is 0.496. The monoisotopic (exact) mass is 376 g/mol. The number of halogens is 2. The summed E-state index contributed by atoms with van der Waals surface area (Å²) in [6, 6.07) is 12.1. The number of amides is 2. The predicted molar refractivity (Wildman–Crippen MR) is 88.8 cm³/mol. The highest BCUT2D eigenvalue weighted by Crippen LogP contribution is 2.22. The molecular weight excluding hydrogens is 363 g/mol. The van der Waals surface area contributed by atoms with E-state index in [1.807, 2.05) is 0 Å². The fraction of sp³-hybridized carbons (Fsp3) is 0.176. The van der Waals surface area contributed by atoms with Gasteiger partial charge < -0.3 is 10.2 Å². The summed E-state index contributed by atoms with van der Waals surface area (Å²) in [5.74, 6) is -0.806. The third-order valence-electron chi connectivity index (χ3n) is 3.76. The zero-order chi connectivity index (χ0) is 16.4. The quantitative estimate of drug-likeness (QED) is 0.894. The van der Waals surface area contributed by atoms with Gasteiger partial charge in [0.05, 0.1) is 0 Å². The zero-order valence-electron chi connectivity index (χ0n) is 12.1. The van der Waals surface area contributed by atoms with Crippen molar-refractivity contribution in [3.05, 3.63) is 64.4 Å². The Morgan fingerprint density at radius 2 is 1.78 bits per heavy atom. The molecule has 1 saturated heterocycles. The maximum Gasteiger partial charge on any atom is 0.251 e. The molecule has 0 aliphatic carbocycles. The van der Waals surface area contributed by atoms with Crippen LogP contribution in [0.1, 0.15) is 16.8 Å². The smallest absolute Gasteiger partial charge is 0.251 e. The standard InChI is InChI=1S/C17H14BrFN2O2/c18-12-3-1-11(2-4-12)16(22)20-15-9-10-21(17(15)23)14-7-5-13(19)6-8-14/h1-8,15H,9-10H2,(H,20,22)/t15-/m1/s1. The normalized spacial score (nSPS) is 17.4. The molecule has 6 heteroatoms. The third-order valence-corrected chi connectivity index (χ3v) is 4.28. The molecule has 0 saturated carbocycles. The van der Waals surface area contributed by atoms with E-state index in [4.69, 9.17) is 0 Å². The van der Waals surface area contributed by atoms with E-state index < -0.39 is 6.04 Å². The molecule has 4 nitrogen and oxygen atoms in total. The van der Waals surface area contributed by atoms with E-state index in [0.717, 1.165) is 4.47 Å². The van der Waals surface area contributed by atoms with Crippen LogP contribution in [0.15, 0.2) is 53.0 Å². The van der Waals surface area contributed by atoms with Gasteiger partial charge in [-0.25, -0.2) is 4.39 Å². The Kier molecular flexibility index (Phi) is 4.43. The number of hydrogen-bond donors (Lipinski definition) is 1. The molecule has 1 aliphatic heterocycles. The predicted octanol–water partition coefficient (Wildman–Crippen LogP) is 3.12. The van der Waals surface area contributed by atoms with Crippen LogP contribution in [0.25, 0.3) is 0 Å². The number of hydrogen-bond acceptors (Lipinski definition) is 2. The van der Waals surface area contributed by atoms with Crippen LogP contribution in [0.4, 0.5) is 10.1 Å². The molecule has 1 N–H and O–H groups in total. The summed E-state index contributed by atoms with van der Waals surface area (Å²) in [7, 11) is 0. The molecule has 1 fully saturated rings. The highest BCUT2D eigenvalue weighted by Gasteiger charge is 2.33. The van der Waals surface area contributed by atoms with Gasteiger partial charge in [0.2, 0.25) is 5.91 Å². The fourth-order valence-electron chi connectivity index (χ4n) is 2.53. The van der Waals surface area contributed by atoms with E-state index >= 15 is 0 Å². The number of rotatable bonds is 3. The Labute approximate surface area is 141 Å². The van der Waals surface area contributed by atoms with Crippen LogP contribution in [-0.4, -0.2) is 24.4 Å². The van der Waals surface area contributed by atoms with Crippen LogP contribution < -0.4 is 10.2 Å². The molecule has 0 bridgehead atoms. The van der Waals surface area contributed by atoms with E-state index in [-0.39, 0.29) is 17.6 Å². The van der Waals surface area contributed by atoms with E-state index in [1.165, 1.54) is 12.1 Å². The lowest BCUT2D eigenvalue weighted by Gasteiger charge is -2.17. The number of nitrogens with zero attached hydrogens (tertiary/aromatic N) is 1. The molecule has 23 heavy (non-hydrogen) atoms. The Bertz CT molecular complexity index is 731. The van der Waals surface area contributed by atoms with Gasteiger partial charge in [-0.05, 0) is 55.0 Å². The molecule has 0 aromatic heterocycles. The van der Waals surface area contributed by atoms with Gasteiger partial charge in [0.15, 0.2) is 0 Å². The van der Waals surface area contributed by atoms with Gasteiger partial charge >= 0.3 is 0 Å². The Morgan fingerprint density at radius 1 is 1.13 bits per heavy atom. The van der Waals surface area contributed by atoms with Crippen LogP contribution >= 0.6 is 15.9 Å². The Morgan fingerprint density at radius 3 is 2.43 bits per heavy atom. The first-order valence-corrected chi connectivity index (χ1v) is 7.97. The van der Waals surface area contributed by atoms with E-state index in [2.05, 4.69) is 21.2 Å². The molecule has 118 valence electrons. The first kappa shape index (κ1) is 15.7. The zero-order valence-corrected chi connectivity index (χ0v) is 13.7. The second-order valence-corrected chi connectivity index (χ2v) is 6.20. The van der Waals surface area contributed by atoms with Crippen LogP contribution in [0.2, 0.25) is 0 Å². The first-order valence-electron chi connectivity index (χ1n) is 7.18. The fourth-order valence-corrected chi connectivity index (χ4v) is 2.80. The van der Waals surface area contributed by atoms with Crippen molar-refractivity contribution in [2.75, 3.05) is 11.4 Å². The van der Waals surface area contributed by atoms with E-state index in [0.29, 0.717) is 24.2 Å². The topological polar surface area (TPSA) is 49.4 Å². The summed E-state index contributed by atoms with van der Waals surface area (Å²) in [5.41, 5.74) is 1.14. The molecular formula is C17H14BrFN2O2. The number of nitrogens with one attached hydrogen (secondary N) is 1. The lowest BCUT2D eigenvalue weighted by molar-refractivity contribution is -0.118. The van der Waals surface area contributed by atoms with Crippen molar-refractivity contribution in [2.24, 2.45) is 0 Å². The van der Waals surface area contributed by atoms with E-state index in [9.17, 15) is 14.0 Å². The van der Waals surface area contributed by atoms with Crippen molar-refractivity contribution in [2.45, 2.75) is 12.5 Å². The first-order chi connectivity index (χ1) is 11.0. The van der Waals surface area contributed by atoms with Crippen LogP contribution in [0, 0.1) is 5.82 Å². The lowest BCUT2D eigenvalue weighted by atomic mass is 10.2. The van der Waals surface area contributed by atoms with Crippen molar-refractivity contribution in [3.63, 3.8) is 0 Å². The van der Waals surface area contributed by atoms with Crippen LogP contribution in [0.3, 0.4) is 0 Å². The molecule has 2 amide bonds. The SMILES string of the molecule is O=C(N[C@@H]1CCN(c2ccc(F)cc2)C1=O)c1ccc(Br)cc1. The average Bonchev–Trinajstić information content (AvgIpc) is 2.90. The molecule has 0 unspecified atom stereocenters. The number of anilines is 1. The minimum Gasteiger partial charge on any atom is -0.340 e. The van der Waals surface area contributed by atoms with Gasteiger partial charge in [-0.15, -0.1) is 0 Å². The molecule has 3 rings (SSSR count). The minimum atomic E-state index is -0.559. The Balaban J connectivity index is 1.68. The summed E-state index contributed by atoms with van der Waals surface area (Å²) < 4.78 is 13.9. The number of carbonyl (C=O) groups is 2. The highest BCUT2D eigenvalue weighted by atomic mass is 79.9.